The molecule has 1 fully saturated rings. The highest BCUT2D eigenvalue weighted by molar-refractivity contribution is 5.50. The molecular formula is C29H32N4O2. The van der Waals surface area contributed by atoms with Gasteiger partial charge in [-0.1, -0.05) is 36.4 Å². The Morgan fingerprint density at radius 1 is 0.886 bits per heavy atom. The zero-order valence-electron chi connectivity index (χ0n) is 20.2. The number of hydrogen-bond donors (Lipinski definition) is 0. The largest absolute Gasteiger partial charge is 0.497 e. The maximum atomic E-state index is 5.49. The van der Waals surface area contributed by atoms with Crippen LogP contribution in [0.1, 0.15) is 16.7 Å². The van der Waals surface area contributed by atoms with Gasteiger partial charge in [0.1, 0.15) is 5.75 Å². The third-order valence-electron chi connectivity index (χ3n) is 6.41. The molecule has 1 aliphatic rings. The smallest absolute Gasteiger partial charge is 0.119 e. The number of nitrogens with zero attached hydrogens (tertiary/aromatic N) is 4. The van der Waals surface area contributed by atoms with Gasteiger partial charge in [-0.25, -0.2) is 4.98 Å². The average Bonchev–Trinajstić information content (AvgIpc) is 3.45. The van der Waals surface area contributed by atoms with Crippen molar-refractivity contribution in [3.63, 3.8) is 0 Å². The zero-order chi connectivity index (χ0) is 23.9. The van der Waals surface area contributed by atoms with Gasteiger partial charge in [0.15, 0.2) is 0 Å². The number of methoxy groups -OCH3 is 1. The highest BCUT2D eigenvalue weighted by atomic mass is 16.5. The summed E-state index contributed by atoms with van der Waals surface area (Å²) in [4.78, 5) is 9.06. The molecule has 3 aromatic carbocycles. The lowest BCUT2D eigenvalue weighted by atomic mass is 10.1. The van der Waals surface area contributed by atoms with Crippen LogP contribution in [0.25, 0.3) is 5.69 Å². The molecule has 6 nitrogen and oxygen atoms in total. The number of aromatic nitrogens is 2. The van der Waals surface area contributed by atoms with Gasteiger partial charge >= 0.3 is 0 Å². The number of rotatable bonds is 9. The van der Waals surface area contributed by atoms with Crippen LogP contribution in [0.4, 0.5) is 5.69 Å². The number of ether oxygens (including phenoxy) is 2. The second kappa shape index (κ2) is 11.2. The number of hydrogen-bond acceptors (Lipinski definition) is 5. The summed E-state index contributed by atoms with van der Waals surface area (Å²) in [7, 11) is 1.71. The minimum Gasteiger partial charge on any atom is -0.497 e. The Balaban J connectivity index is 1.38. The van der Waals surface area contributed by atoms with E-state index in [1.807, 2.05) is 23.2 Å². The Labute approximate surface area is 207 Å². The van der Waals surface area contributed by atoms with Crippen LogP contribution >= 0.6 is 0 Å². The molecule has 0 N–H and O–H groups in total. The molecule has 35 heavy (non-hydrogen) atoms. The summed E-state index contributed by atoms with van der Waals surface area (Å²) < 4.78 is 13.0. The Kier molecular flexibility index (Phi) is 7.41. The molecule has 1 aromatic heterocycles. The van der Waals surface area contributed by atoms with Gasteiger partial charge < -0.3 is 18.9 Å². The van der Waals surface area contributed by atoms with Crippen molar-refractivity contribution in [3.8, 4) is 11.4 Å². The summed E-state index contributed by atoms with van der Waals surface area (Å²) >= 11 is 0. The van der Waals surface area contributed by atoms with Crippen molar-refractivity contribution < 1.29 is 9.47 Å². The first-order chi connectivity index (χ1) is 17.3. The lowest BCUT2D eigenvalue weighted by molar-refractivity contribution is 0.0342. The van der Waals surface area contributed by atoms with Gasteiger partial charge in [-0.2, -0.15) is 0 Å². The maximum Gasteiger partial charge on any atom is 0.119 e. The van der Waals surface area contributed by atoms with E-state index in [0.29, 0.717) is 0 Å². The Bertz CT molecular complexity index is 1200. The molecule has 0 amide bonds. The van der Waals surface area contributed by atoms with E-state index in [1.54, 1.807) is 13.3 Å². The van der Waals surface area contributed by atoms with Crippen LogP contribution < -0.4 is 9.64 Å². The molecule has 0 bridgehead atoms. The molecule has 6 heteroatoms. The molecule has 2 heterocycles. The Morgan fingerprint density at radius 3 is 2.34 bits per heavy atom. The van der Waals surface area contributed by atoms with Crippen molar-refractivity contribution in [2.45, 2.75) is 19.6 Å². The van der Waals surface area contributed by atoms with Crippen LogP contribution in [-0.4, -0.2) is 47.9 Å². The van der Waals surface area contributed by atoms with Crippen molar-refractivity contribution in [3.05, 3.63) is 108 Å². The summed E-state index contributed by atoms with van der Waals surface area (Å²) in [6.45, 7) is 6.19. The van der Waals surface area contributed by atoms with Crippen molar-refractivity contribution >= 4 is 5.69 Å². The molecule has 0 saturated carbocycles. The molecule has 0 atom stereocenters. The summed E-state index contributed by atoms with van der Waals surface area (Å²) in [6, 6.07) is 25.9. The van der Waals surface area contributed by atoms with Crippen LogP contribution in [-0.2, 0) is 24.4 Å². The van der Waals surface area contributed by atoms with Crippen molar-refractivity contribution in [1.82, 2.24) is 14.5 Å². The predicted octanol–water partition coefficient (Wildman–Crippen LogP) is 4.92. The summed E-state index contributed by atoms with van der Waals surface area (Å²) in [6.07, 6.45) is 5.61. The molecular weight excluding hydrogens is 436 g/mol. The molecule has 0 aliphatic carbocycles. The Morgan fingerprint density at radius 2 is 1.63 bits per heavy atom. The van der Waals surface area contributed by atoms with E-state index in [9.17, 15) is 0 Å². The highest BCUT2D eigenvalue weighted by Gasteiger charge is 2.13. The molecule has 0 spiro atoms. The lowest BCUT2D eigenvalue weighted by Crippen LogP contribution is -2.35. The van der Waals surface area contributed by atoms with Gasteiger partial charge in [0.25, 0.3) is 0 Å². The van der Waals surface area contributed by atoms with Crippen molar-refractivity contribution in [2.24, 2.45) is 0 Å². The summed E-state index contributed by atoms with van der Waals surface area (Å²) in [5.74, 6) is 0.880. The second-order valence-corrected chi connectivity index (χ2v) is 8.90. The molecule has 4 aromatic rings. The van der Waals surface area contributed by atoms with Gasteiger partial charge in [0.05, 0.1) is 26.7 Å². The van der Waals surface area contributed by atoms with Crippen molar-refractivity contribution in [2.75, 3.05) is 38.3 Å². The quantitative estimate of drug-likeness (QED) is 0.349. The third kappa shape index (κ3) is 6.10. The highest BCUT2D eigenvalue weighted by Crippen LogP contribution is 2.24. The van der Waals surface area contributed by atoms with Crippen LogP contribution in [0.15, 0.2) is 91.5 Å². The number of imidazole rings is 1. The minimum atomic E-state index is 0.787. The van der Waals surface area contributed by atoms with E-state index >= 15 is 0 Å². The van der Waals surface area contributed by atoms with E-state index in [1.165, 1.54) is 22.4 Å². The van der Waals surface area contributed by atoms with Gasteiger partial charge in [-0.05, 0) is 53.1 Å². The fourth-order valence-corrected chi connectivity index (χ4v) is 4.51. The van der Waals surface area contributed by atoms with E-state index in [0.717, 1.165) is 57.4 Å². The fraction of sp³-hybridized carbons (Fsp3) is 0.276. The monoisotopic (exact) mass is 468 g/mol. The van der Waals surface area contributed by atoms with Crippen LogP contribution in [0.2, 0.25) is 0 Å². The van der Waals surface area contributed by atoms with Crippen LogP contribution in [0, 0.1) is 0 Å². The van der Waals surface area contributed by atoms with Crippen LogP contribution in [0.3, 0.4) is 0 Å². The molecule has 0 radical (unpaired) electrons. The normalized spacial score (nSPS) is 14.1. The SMILES string of the molecule is COc1cccc(CN(Cc2cccc(-n3ccnc3)c2)c2ccc(CN3CCOCC3)cc2)c1. The van der Waals surface area contributed by atoms with Gasteiger partial charge in [0, 0.05) is 56.5 Å². The predicted molar refractivity (Wildman–Crippen MR) is 139 cm³/mol. The second-order valence-electron chi connectivity index (χ2n) is 8.90. The van der Waals surface area contributed by atoms with Gasteiger partial charge in [-0.15, -0.1) is 0 Å². The minimum absolute atomic E-state index is 0.787. The number of benzene rings is 3. The van der Waals surface area contributed by atoms with E-state index < -0.39 is 0 Å². The summed E-state index contributed by atoms with van der Waals surface area (Å²) in [5, 5.41) is 0. The van der Waals surface area contributed by atoms with Gasteiger partial charge in [0.2, 0.25) is 0 Å². The van der Waals surface area contributed by atoms with Gasteiger partial charge in [-0.3, -0.25) is 4.90 Å². The first-order valence-corrected chi connectivity index (χ1v) is 12.1. The van der Waals surface area contributed by atoms with E-state index in [4.69, 9.17) is 9.47 Å². The standard InChI is InChI=1S/C29H32N4O2/c1-34-29-7-3-5-26(19-29)22-33(21-25-4-2-6-28(18-25)32-13-12-30-23-32)27-10-8-24(9-11-27)20-31-14-16-35-17-15-31/h2-13,18-19,23H,14-17,20-22H2,1H3. The van der Waals surface area contributed by atoms with E-state index in [2.05, 4.69) is 81.5 Å². The zero-order valence-corrected chi connectivity index (χ0v) is 20.2. The third-order valence-corrected chi connectivity index (χ3v) is 6.41. The maximum absolute atomic E-state index is 5.49. The lowest BCUT2D eigenvalue weighted by Gasteiger charge is -2.28. The number of morpholine rings is 1. The summed E-state index contributed by atoms with van der Waals surface area (Å²) in [5.41, 5.74) is 6.11. The molecule has 5 rings (SSSR count). The van der Waals surface area contributed by atoms with Crippen LogP contribution in [0.5, 0.6) is 5.75 Å². The first-order valence-electron chi connectivity index (χ1n) is 12.1. The molecule has 180 valence electrons. The fourth-order valence-electron chi connectivity index (χ4n) is 4.51. The topological polar surface area (TPSA) is 42.8 Å². The van der Waals surface area contributed by atoms with Crippen molar-refractivity contribution in [1.29, 1.82) is 0 Å². The average molecular weight is 469 g/mol. The number of anilines is 1. The Hall–Kier alpha value is -3.61. The molecule has 1 saturated heterocycles. The molecule has 0 unspecified atom stereocenters. The van der Waals surface area contributed by atoms with E-state index in [-0.39, 0.29) is 0 Å². The molecule has 1 aliphatic heterocycles. The first kappa shape index (κ1) is 23.1.